The molecule has 111 valence electrons. The maximum absolute atomic E-state index is 11.7. The molecule has 2 aliphatic rings. The second kappa shape index (κ2) is 8.18. The molecule has 0 saturated heterocycles. The summed E-state index contributed by atoms with van der Waals surface area (Å²) >= 11 is 0. The van der Waals surface area contributed by atoms with E-state index in [1.165, 1.54) is 19.1 Å². The van der Waals surface area contributed by atoms with E-state index >= 15 is 0 Å². The van der Waals surface area contributed by atoms with E-state index in [2.05, 4.69) is 4.99 Å². The number of ether oxygens (including phenoxy) is 1. The molecule has 0 bridgehead atoms. The lowest BCUT2D eigenvalue weighted by Crippen LogP contribution is -2.25. The van der Waals surface area contributed by atoms with Crippen molar-refractivity contribution >= 4 is 18.5 Å². The first-order chi connectivity index (χ1) is 9.79. The van der Waals surface area contributed by atoms with Crippen molar-refractivity contribution in [3.05, 3.63) is 0 Å². The van der Waals surface area contributed by atoms with Crippen molar-refractivity contribution in [3.63, 3.8) is 0 Å². The minimum Gasteiger partial charge on any atom is -0.458 e. The van der Waals surface area contributed by atoms with Crippen molar-refractivity contribution in [2.24, 2.45) is 10.9 Å². The molecule has 0 unspecified atom stereocenters. The summed E-state index contributed by atoms with van der Waals surface area (Å²) in [6.07, 6.45) is 14.1. The van der Waals surface area contributed by atoms with E-state index < -0.39 is 12.0 Å². The first-order valence-corrected chi connectivity index (χ1v) is 7.91. The third-order valence-corrected chi connectivity index (χ3v) is 4.39. The molecule has 0 aromatic rings. The quantitative estimate of drug-likeness (QED) is 0.574. The van der Waals surface area contributed by atoms with E-state index in [1.54, 1.807) is 0 Å². The van der Waals surface area contributed by atoms with Crippen molar-refractivity contribution in [3.8, 4) is 0 Å². The van der Waals surface area contributed by atoms with Gasteiger partial charge in [-0.3, -0.25) is 9.79 Å². The Morgan fingerprint density at radius 1 is 1.05 bits per heavy atom. The van der Waals surface area contributed by atoms with Crippen LogP contribution in [-0.4, -0.2) is 30.6 Å². The molecule has 2 rings (SSSR count). The van der Waals surface area contributed by atoms with Crippen LogP contribution in [0.3, 0.4) is 0 Å². The van der Waals surface area contributed by atoms with Gasteiger partial charge in [0.1, 0.15) is 18.4 Å². The van der Waals surface area contributed by atoms with Crippen LogP contribution in [0, 0.1) is 5.92 Å². The molecular weight excluding hydrogens is 254 g/mol. The Labute approximate surface area is 121 Å². The zero-order valence-electron chi connectivity index (χ0n) is 12.1. The van der Waals surface area contributed by atoms with Crippen LogP contribution in [0.4, 0.5) is 0 Å². The molecule has 20 heavy (non-hydrogen) atoms. The van der Waals surface area contributed by atoms with E-state index in [-0.39, 0.29) is 12.0 Å². The fourth-order valence-corrected chi connectivity index (χ4v) is 3.22. The highest BCUT2D eigenvalue weighted by molar-refractivity contribution is 6.23. The summed E-state index contributed by atoms with van der Waals surface area (Å²) in [5, 5.41) is 0. The zero-order valence-corrected chi connectivity index (χ0v) is 12.1. The zero-order chi connectivity index (χ0) is 14.2. The van der Waals surface area contributed by atoms with Gasteiger partial charge in [0.05, 0.1) is 0 Å². The highest BCUT2D eigenvalue weighted by Crippen LogP contribution is 2.27. The molecule has 2 saturated carbocycles. The standard InChI is InChI=1S/C16H24NO3/c18-12-15(13-7-3-1-4-8-13)17-11-16(19)20-14-9-5-2-6-10-14/h11,13-15H,1-10H2/t15-/m1/s1. The number of esters is 1. The highest BCUT2D eigenvalue weighted by Gasteiger charge is 2.23. The second-order valence-corrected chi connectivity index (χ2v) is 5.94. The molecule has 4 heteroatoms. The van der Waals surface area contributed by atoms with Crippen molar-refractivity contribution in [1.82, 2.24) is 0 Å². The molecule has 0 N–H and O–H groups in total. The number of nitrogens with zero attached hydrogens (tertiary/aromatic N) is 1. The summed E-state index contributed by atoms with van der Waals surface area (Å²) in [7, 11) is 0. The number of aliphatic imine (C=N–C) groups is 1. The number of carbonyl (C=O) groups is 1. The SMILES string of the molecule is O=[C][C@@H](N=CC(=O)OC1CCCCC1)C1CCCCC1. The largest absolute Gasteiger partial charge is 0.458 e. The molecule has 0 aromatic carbocycles. The summed E-state index contributed by atoms with van der Waals surface area (Å²) in [5.41, 5.74) is 0. The van der Waals surface area contributed by atoms with Crippen molar-refractivity contribution < 1.29 is 14.3 Å². The molecule has 1 radical (unpaired) electrons. The molecule has 2 aliphatic carbocycles. The van der Waals surface area contributed by atoms with Crippen molar-refractivity contribution in [1.29, 1.82) is 0 Å². The van der Waals surface area contributed by atoms with Crippen LogP contribution >= 0.6 is 0 Å². The normalized spacial score (nSPS) is 23.6. The second-order valence-electron chi connectivity index (χ2n) is 5.94. The van der Waals surface area contributed by atoms with Gasteiger partial charge < -0.3 is 4.74 Å². The number of carbonyl (C=O) groups excluding carboxylic acids is 2. The van der Waals surface area contributed by atoms with Gasteiger partial charge in [-0.25, -0.2) is 4.79 Å². The van der Waals surface area contributed by atoms with Crippen molar-refractivity contribution in [2.45, 2.75) is 76.4 Å². The highest BCUT2D eigenvalue weighted by atomic mass is 16.5. The number of hydrogen-bond acceptors (Lipinski definition) is 4. The van der Waals surface area contributed by atoms with Crippen LogP contribution in [0.25, 0.3) is 0 Å². The Morgan fingerprint density at radius 2 is 1.65 bits per heavy atom. The van der Waals surface area contributed by atoms with Gasteiger partial charge in [0.2, 0.25) is 6.29 Å². The Morgan fingerprint density at radius 3 is 2.25 bits per heavy atom. The van der Waals surface area contributed by atoms with E-state index in [0.717, 1.165) is 51.4 Å². The van der Waals surface area contributed by atoms with Gasteiger partial charge in [-0.15, -0.1) is 0 Å². The number of hydrogen-bond donors (Lipinski definition) is 0. The maximum atomic E-state index is 11.7. The molecule has 0 aromatic heterocycles. The van der Waals surface area contributed by atoms with Gasteiger partial charge in [-0.1, -0.05) is 25.7 Å². The summed E-state index contributed by atoms with van der Waals surface area (Å²) in [5.74, 6) is -0.159. The first kappa shape index (κ1) is 15.2. The van der Waals surface area contributed by atoms with E-state index in [1.807, 2.05) is 6.29 Å². The molecule has 4 nitrogen and oxygen atoms in total. The monoisotopic (exact) mass is 278 g/mol. The smallest absolute Gasteiger partial charge is 0.349 e. The van der Waals surface area contributed by atoms with Gasteiger partial charge in [-0.05, 0) is 44.4 Å². The molecule has 0 heterocycles. The lowest BCUT2D eigenvalue weighted by atomic mass is 9.85. The van der Waals surface area contributed by atoms with Gasteiger partial charge >= 0.3 is 5.97 Å². The minimum atomic E-state index is -0.491. The van der Waals surface area contributed by atoms with E-state index in [9.17, 15) is 9.59 Å². The van der Waals surface area contributed by atoms with Crippen molar-refractivity contribution in [2.75, 3.05) is 0 Å². The summed E-state index contributed by atoms with van der Waals surface area (Å²) in [6.45, 7) is 0. The minimum absolute atomic E-state index is 0.0380. The molecular formula is C16H24NO3. The Hall–Kier alpha value is -1.19. The average Bonchev–Trinajstić information content (AvgIpc) is 2.50. The van der Waals surface area contributed by atoms with E-state index in [0.29, 0.717) is 0 Å². The average molecular weight is 278 g/mol. The summed E-state index contributed by atoms with van der Waals surface area (Å²) in [4.78, 5) is 26.8. The Balaban J connectivity index is 1.79. The fraction of sp³-hybridized carbons (Fsp3) is 0.812. The lowest BCUT2D eigenvalue weighted by molar-refractivity contribution is -0.141. The van der Waals surface area contributed by atoms with Gasteiger partial charge in [0.15, 0.2) is 0 Å². The first-order valence-electron chi connectivity index (χ1n) is 7.91. The van der Waals surface area contributed by atoms with Crippen LogP contribution in [0.1, 0.15) is 64.2 Å². The predicted molar refractivity (Wildman–Crippen MR) is 77.5 cm³/mol. The molecule has 0 spiro atoms. The molecule has 1 atom stereocenters. The third-order valence-electron chi connectivity index (χ3n) is 4.39. The van der Waals surface area contributed by atoms with Gasteiger partial charge in [0, 0.05) is 0 Å². The van der Waals surface area contributed by atoms with Gasteiger partial charge in [0.25, 0.3) is 0 Å². The molecule has 0 aliphatic heterocycles. The van der Waals surface area contributed by atoms with Crippen LogP contribution in [-0.2, 0) is 14.3 Å². The topological polar surface area (TPSA) is 55.7 Å². The summed E-state index contributed by atoms with van der Waals surface area (Å²) in [6, 6.07) is -0.491. The fourth-order valence-electron chi connectivity index (χ4n) is 3.22. The molecule has 2 fully saturated rings. The lowest BCUT2D eigenvalue weighted by Gasteiger charge is -2.23. The third kappa shape index (κ3) is 4.73. The van der Waals surface area contributed by atoms with Gasteiger partial charge in [-0.2, -0.15) is 0 Å². The summed E-state index contributed by atoms with van der Waals surface area (Å²) < 4.78 is 5.36. The Bertz CT molecular complexity index is 342. The maximum Gasteiger partial charge on any atom is 0.349 e. The number of rotatable bonds is 5. The van der Waals surface area contributed by atoms with Crippen LogP contribution in [0.2, 0.25) is 0 Å². The molecule has 0 amide bonds. The van der Waals surface area contributed by atoms with Crippen LogP contribution < -0.4 is 0 Å². The predicted octanol–water partition coefficient (Wildman–Crippen LogP) is 2.99. The van der Waals surface area contributed by atoms with Crippen LogP contribution in [0.15, 0.2) is 4.99 Å². The van der Waals surface area contributed by atoms with Crippen LogP contribution in [0.5, 0.6) is 0 Å². The van der Waals surface area contributed by atoms with E-state index in [4.69, 9.17) is 4.74 Å². The Kier molecular flexibility index (Phi) is 6.22.